The number of carbonyl (C=O) groups excluding carboxylic acids is 1. The molecule has 0 heterocycles. The highest BCUT2D eigenvalue weighted by atomic mass is 35.5. The third-order valence-corrected chi connectivity index (χ3v) is 3.91. The lowest BCUT2D eigenvalue weighted by Crippen LogP contribution is -2.37. The van der Waals surface area contributed by atoms with Gasteiger partial charge >= 0.3 is 0 Å². The van der Waals surface area contributed by atoms with Crippen LogP contribution in [0, 0.1) is 0 Å². The van der Waals surface area contributed by atoms with Crippen LogP contribution in [0.25, 0.3) is 5.57 Å². The van der Waals surface area contributed by atoms with Crippen molar-refractivity contribution in [3.63, 3.8) is 0 Å². The lowest BCUT2D eigenvalue weighted by atomic mass is 9.93. The molecule has 1 aromatic rings. The molecule has 0 aliphatic heterocycles. The normalized spacial score (nSPS) is 23.4. The van der Waals surface area contributed by atoms with E-state index in [0.717, 1.165) is 36.8 Å². The van der Waals surface area contributed by atoms with E-state index in [4.69, 9.17) is 11.6 Å². The van der Waals surface area contributed by atoms with Gasteiger partial charge in [-0.3, -0.25) is 4.79 Å². The molecule has 1 aliphatic carbocycles. The number of halogens is 1. The molecule has 2 rings (SSSR count). The summed E-state index contributed by atoms with van der Waals surface area (Å²) in [4.78, 5) is 12.0. The minimum Gasteiger partial charge on any atom is -0.393 e. The highest BCUT2D eigenvalue weighted by molar-refractivity contribution is 6.30. The first-order valence-corrected chi connectivity index (χ1v) is 7.35. The Kier molecular flexibility index (Phi) is 5.21. The van der Waals surface area contributed by atoms with Crippen LogP contribution in [0.15, 0.2) is 30.3 Å². The Morgan fingerprint density at radius 1 is 1.35 bits per heavy atom. The van der Waals surface area contributed by atoms with Crippen molar-refractivity contribution in [1.29, 1.82) is 0 Å². The van der Waals surface area contributed by atoms with Gasteiger partial charge in [0.05, 0.1) is 6.10 Å². The second kappa shape index (κ2) is 6.91. The Morgan fingerprint density at radius 2 is 2.05 bits per heavy atom. The number of rotatable bonds is 3. The van der Waals surface area contributed by atoms with Gasteiger partial charge in [-0.15, -0.1) is 0 Å². The topological polar surface area (TPSA) is 49.3 Å². The summed E-state index contributed by atoms with van der Waals surface area (Å²) in [5, 5.41) is 13.1. The average Bonchev–Trinajstić information content (AvgIpc) is 2.41. The maximum Gasteiger partial charge on any atom is 0.244 e. The van der Waals surface area contributed by atoms with Crippen molar-refractivity contribution in [3.8, 4) is 0 Å². The molecule has 0 saturated heterocycles. The summed E-state index contributed by atoms with van der Waals surface area (Å²) in [6.07, 6.45) is 4.63. The molecule has 1 amide bonds. The Balaban J connectivity index is 1.94. The molecule has 1 fully saturated rings. The molecule has 1 aromatic carbocycles. The summed E-state index contributed by atoms with van der Waals surface area (Å²) < 4.78 is 0. The first-order valence-electron chi connectivity index (χ1n) is 6.97. The Morgan fingerprint density at radius 3 is 2.70 bits per heavy atom. The highest BCUT2D eigenvalue weighted by Gasteiger charge is 2.20. The van der Waals surface area contributed by atoms with E-state index in [9.17, 15) is 9.90 Å². The largest absolute Gasteiger partial charge is 0.393 e. The zero-order chi connectivity index (χ0) is 14.5. The maximum absolute atomic E-state index is 12.0. The molecule has 0 bridgehead atoms. The molecule has 0 spiro atoms. The van der Waals surface area contributed by atoms with Gasteiger partial charge < -0.3 is 10.4 Å². The van der Waals surface area contributed by atoms with Crippen molar-refractivity contribution in [1.82, 2.24) is 5.32 Å². The number of amides is 1. The van der Waals surface area contributed by atoms with Crippen LogP contribution in [0.2, 0.25) is 5.02 Å². The molecular formula is C16H20ClNO2. The van der Waals surface area contributed by atoms with Crippen molar-refractivity contribution in [2.45, 2.75) is 44.8 Å². The number of allylic oxidation sites excluding steroid dienone is 1. The van der Waals surface area contributed by atoms with Crippen LogP contribution >= 0.6 is 11.6 Å². The van der Waals surface area contributed by atoms with Gasteiger partial charge in [-0.1, -0.05) is 23.7 Å². The fourth-order valence-corrected chi connectivity index (χ4v) is 2.67. The van der Waals surface area contributed by atoms with Crippen molar-refractivity contribution in [3.05, 3.63) is 40.9 Å². The summed E-state index contributed by atoms with van der Waals surface area (Å²) >= 11 is 5.94. The quantitative estimate of drug-likeness (QED) is 0.841. The Hall–Kier alpha value is -1.32. The summed E-state index contributed by atoms with van der Waals surface area (Å²) in [5.74, 6) is -0.0798. The van der Waals surface area contributed by atoms with Crippen LogP contribution in [0.3, 0.4) is 0 Å². The van der Waals surface area contributed by atoms with Gasteiger partial charge in [0.25, 0.3) is 0 Å². The van der Waals surface area contributed by atoms with E-state index in [2.05, 4.69) is 5.32 Å². The lowest BCUT2D eigenvalue weighted by Gasteiger charge is -2.25. The van der Waals surface area contributed by atoms with Crippen LogP contribution < -0.4 is 5.32 Å². The highest BCUT2D eigenvalue weighted by Crippen LogP contribution is 2.20. The van der Waals surface area contributed by atoms with Crippen LogP contribution in [0.1, 0.15) is 38.2 Å². The van der Waals surface area contributed by atoms with Gasteiger partial charge in [0, 0.05) is 17.1 Å². The van der Waals surface area contributed by atoms with Crippen LogP contribution in [0.4, 0.5) is 0 Å². The van der Waals surface area contributed by atoms with Gasteiger partial charge in [-0.25, -0.2) is 0 Å². The number of nitrogens with one attached hydrogen (secondary N) is 1. The van der Waals surface area contributed by atoms with Crippen molar-refractivity contribution >= 4 is 23.1 Å². The third kappa shape index (κ3) is 4.36. The molecule has 20 heavy (non-hydrogen) atoms. The monoisotopic (exact) mass is 293 g/mol. The van der Waals surface area contributed by atoms with Crippen LogP contribution in [0.5, 0.6) is 0 Å². The van der Waals surface area contributed by atoms with E-state index >= 15 is 0 Å². The first kappa shape index (κ1) is 15.1. The molecule has 0 radical (unpaired) electrons. The SMILES string of the molecule is CC(=CC(=O)NC1CCC(O)CC1)c1cccc(Cl)c1. The van der Waals surface area contributed by atoms with Gasteiger partial charge in [-0.05, 0) is 55.9 Å². The summed E-state index contributed by atoms with van der Waals surface area (Å²) in [6.45, 7) is 1.90. The van der Waals surface area contributed by atoms with Gasteiger partial charge in [0.15, 0.2) is 0 Å². The minimum atomic E-state index is -0.202. The zero-order valence-corrected chi connectivity index (χ0v) is 12.4. The van der Waals surface area contributed by atoms with Gasteiger partial charge in [0.2, 0.25) is 5.91 Å². The number of benzene rings is 1. The number of aliphatic hydroxyl groups excluding tert-OH is 1. The van der Waals surface area contributed by atoms with E-state index in [-0.39, 0.29) is 18.1 Å². The summed E-state index contributed by atoms with van der Waals surface area (Å²) in [7, 11) is 0. The van der Waals surface area contributed by atoms with Crippen molar-refractivity contribution < 1.29 is 9.90 Å². The average molecular weight is 294 g/mol. The number of hydrogen-bond acceptors (Lipinski definition) is 2. The Labute approximate surface area is 124 Å². The number of aliphatic hydroxyl groups is 1. The predicted octanol–water partition coefficient (Wildman–Crippen LogP) is 3.16. The predicted molar refractivity (Wildman–Crippen MR) is 81.5 cm³/mol. The molecule has 0 unspecified atom stereocenters. The molecule has 0 aromatic heterocycles. The van der Waals surface area contributed by atoms with Crippen LogP contribution in [-0.4, -0.2) is 23.2 Å². The summed E-state index contributed by atoms with van der Waals surface area (Å²) in [5.41, 5.74) is 1.84. The van der Waals surface area contributed by atoms with E-state index in [1.54, 1.807) is 6.08 Å². The molecule has 2 N–H and O–H groups in total. The standard InChI is InChI=1S/C16H20ClNO2/c1-11(12-3-2-4-13(17)10-12)9-16(20)18-14-5-7-15(19)8-6-14/h2-4,9-10,14-15,19H,5-8H2,1H3,(H,18,20). The Bertz CT molecular complexity index is 505. The summed E-state index contributed by atoms with van der Waals surface area (Å²) in [6, 6.07) is 7.63. The smallest absolute Gasteiger partial charge is 0.244 e. The first-order chi connectivity index (χ1) is 9.54. The molecule has 1 aliphatic rings. The van der Waals surface area contributed by atoms with E-state index < -0.39 is 0 Å². The lowest BCUT2D eigenvalue weighted by molar-refractivity contribution is -0.117. The maximum atomic E-state index is 12.0. The second-order valence-corrected chi connectivity index (χ2v) is 5.79. The van der Waals surface area contributed by atoms with Gasteiger partial charge in [0.1, 0.15) is 0 Å². The molecule has 3 nitrogen and oxygen atoms in total. The van der Waals surface area contributed by atoms with Gasteiger partial charge in [-0.2, -0.15) is 0 Å². The molecule has 108 valence electrons. The van der Waals surface area contributed by atoms with E-state index in [1.807, 2.05) is 31.2 Å². The fourth-order valence-electron chi connectivity index (χ4n) is 2.48. The molecule has 4 heteroatoms. The molecule has 1 saturated carbocycles. The van der Waals surface area contributed by atoms with Crippen LogP contribution in [-0.2, 0) is 4.79 Å². The number of carbonyl (C=O) groups is 1. The number of hydrogen-bond donors (Lipinski definition) is 2. The second-order valence-electron chi connectivity index (χ2n) is 5.35. The molecule has 0 atom stereocenters. The van der Waals surface area contributed by atoms with E-state index in [1.165, 1.54) is 0 Å². The van der Waals surface area contributed by atoms with Crippen molar-refractivity contribution in [2.24, 2.45) is 0 Å². The minimum absolute atomic E-state index is 0.0798. The van der Waals surface area contributed by atoms with E-state index in [0.29, 0.717) is 5.02 Å². The fraction of sp³-hybridized carbons (Fsp3) is 0.438. The third-order valence-electron chi connectivity index (χ3n) is 3.67. The van der Waals surface area contributed by atoms with Crippen molar-refractivity contribution in [2.75, 3.05) is 0 Å². The zero-order valence-electron chi connectivity index (χ0n) is 11.6. The molecular weight excluding hydrogens is 274 g/mol.